The number of anilines is 1. The minimum Gasteiger partial charge on any atom is -0.494 e. The van der Waals surface area contributed by atoms with Crippen LogP contribution in [0.25, 0.3) is 0 Å². The number of ether oxygens (including phenoxy) is 2. The Bertz CT molecular complexity index is 961. The molecule has 0 radical (unpaired) electrons. The Labute approximate surface area is 188 Å². The first-order chi connectivity index (χ1) is 14.8. The number of nitrogens with zero attached hydrogens (tertiary/aromatic N) is 2. The Hall–Kier alpha value is -2.30. The van der Waals surface area contributed by atoms with Crippen LogP contribution >= 0.6 is 11.8 Å². The highest BCUT2D eigenvalue weighted by Gasteiger charge is 2.21. The van der Waals surface area contributed by atoms with Gasteiger partial charge in [-0.2, -0.15) is 4.31 Å². The molecule has 10 heteroatoms. The van der Waals surface area contributed by atoms with Crippen LogP contribution in [0.3, 0.4) is 0 Å². The monoisotopic (exact) mass is 467 g/mol. The minimum absolute atomic E-state index is 0.111. The smallest absolute Gasteiger partial charge is 0.244 e. The van der Waals surface area contributed by atoms with Crippen LogP contribution in [0.1, 0.15) is 27.7 Å². The minimum atomic E-state index is -3.55. The van der Waals surface area contributed by atoms with E-state index < -0.39 is 10.0 Å². The summed E-state index contributed by atoms with van der Waals surface area (Å²) in [6, 6.07) is 8.39. The van der Waals surface area contributed by atoms with Crippen molar-refractivity contribution in [3.8, 4) is 11.5 Å². The quantitative estimate of drug-likeness (QED) is 0.476. The molecule has 1 aromatic carbocycles. The van der Waals surface area contributed by atoms with Gasteiger partial charge in [0.2, 0.25) is 15.9 Å². The van der Waals surface area contributed by atoms with Crippen LogP contribution in [0.4, 0.5) is 5.69 Å². The summed E-state index contributed by atoms with van der Waals surface area (Å²) in [5, 5.41) is 3.39. The Morgan fingerprint density at radius 2 is 1.77 bits per heavy atom. The van der Waals surface area contributed by atoms with Crippen LogP contribution < -0.4 is 14.8 Å². The third kappa shape index (κ3) is 6.84. The average molecular weight is 468 g/mol. The zero-order valence-electron chi connectivity index (χ0n) is 18.3. The number of benzene rings is 1. The van der Waals surface area contributed by atoms with Crippen molar-refractivity contribution in [2.75, 3.05) is 37.4 Å². The van der Waals surface area contributed by atoms with Gasteiger partial charge in [-0.3, -0.25) is 4.79 Å². The third-order valence-corrected chi connectivity index (χ3v) is 7.22. The largest absolute Gasteiger partial charge is 0.494 e. The first-order valence-electron chi connectivity index (χ1n) is 10.1. The summed E-state index contributed by atoms with van der Waals surface area (Å²) >= 11 is 1.22. The summed E-state index contributed by atoms with van der Waals surface area (Å²) in [5.41, 5.74) is 0.534. The van der Waals surface area contributed by atoms with E-state index in [1.807, 2.05) is 13.8 Å². The molecule has 2 aromatic rings. The van der Waals surface area contributed by atoms with Crippen LogP contribution in [-0.2, 0) is 14.8 Å². The number of sulfonamides is 1. The molecule has 0 atom stereocenters. The van der Waals surface area contributed by atoms with Crippen molar-refractivity contribution in [2.24, 2.45) is 0 Å². The number of carbonyl (C=O) groups is 1. The number of pyridine rings is 1. The maximum atomic E-state index is 12.5. The van der Waals surface area contributed by atoms with Crippen molar-refractivity contribution >= 4 is 33.4 Å². The van der Waals surface area contributed by atoms with E-state index in [0.717, 1.165) is 0 Å². The van der Waals surface area contributed by atoms with E-state index in [4.69, 9.17) is 9.47 Å². The average Bonchev–Trinajstić information content (AvgIpc) is 2.75. The van der Waals surface area contributed by atoms with Gasteiger partial charge in [0.25, 0.3) is 0 Å². The lowest BCUT2D eigenvalue weighted by Gasteiger charge is -2.18. The molecule has 0 unspecified atom stereocenters. The van der Waals surface area contributed by atoms with Gasteiger partial charge in [-0.05, 0) is 38.1 Å². The number of hydrogen-bond donors (Lipinski definition) is 1. The number of hydrogen-bond acceptors (Lipinski definition) is 7. The number of thioether (sulfide) groups is 1. The van der Waals surface area contributed by atoms with E-state index in [-0.39, 0.29) is 16.6 Å². The molecule has 31 heavy (non-hydrogen) atoms. The third-order valence-electron chi connectivity index (χ3n) is 4.24. The van der Waals surface area contributed by atoms with Gasteiger partial charge in [-0.15, -0.1) is 0 Å². The molecule has 1 N–H and O–H groups in total. The lowest BCUT2D eigenvalue weighted by atomic mass is 10.2. The fraction of sp³-hybridized carbons (Fsp3) is 0.429. The van der Waals surface area contributed by atoms with Gasteiger partial charge < -0.3 is 14.8 Å². The van der Waals surface area contributed by atoms with Gasteiger partial charge in [0.1, 0.15) is 16.4 Å². The number of aromatic nitrogens is 1. The maximum absolute atomic E-state index is 12.5. The molecule has 0 aliphatic rings. The lowest BCUT2D eigenvalue weighted by molar-refractivity contribution is -0.113. The molecule has 1 amide bonds. The van der Waals surface area contributed by atoms with E-state index in [9.17, 15) is 13.2 Å². The van der Waals surface area contributed by atoms with Crippen LogP contribution in [0.15, 0.2) is 46.5 Å². The summed E-state index contributed by atoms with van der Waals surface area (Å²) in [6.45, 7) is 9.11. The Balaban J connectivity index is 2.02. The molecule has 0 aliphatic heterocycles. The Morgan fingerprint density at radius 1 is 1.06 bits per heavy atom. The molecule has 0 fully saturated rings. The normalized spacial score (nSPS) is 11.4. The molecule has 0 saturated carbocycles. The number of carbonyl (C=O) groups excluding carboxylic acids is 1. The topological polar surface area (TPSA) is 97.8 Å². The number of rotatable bonds is 12. The molecule has 8 nitrogen and oxygen atoms in total. The van der Waals surface area contributed by atoms with E-state index >= 15 is 0 Å². The van der Waals surface area contributed by atoms with Crippen LogP contribution in [0.5, 0.6) is 11.5 Å². The molecule has 2 rings (SSSR count). The van der Waals surface area contributed by atoms with Crippen molar-refractivity contribution < 1.29 is 22.7 Å². The number of nitrogens with one attached hydrogen (secondary N) is 1. The standard InChI is InChI=1S/C21H29N3O5S2/c1-5-24(6-2)31(26,27)17-10-12-21(22-14-17)30-15-20(25)23-18-13-16(28-7-3)9-11-19(18)29-8-4/h9-14H,5-8,15H2,1-4H3,(H,23,25). The molecule has 0 spiro atoms. The zero-order valence-corrected chi connectivity index (χ0v) is 19.9. The summed E-state index contributed by atoms with van der Waals surface area (Å²) in [5.74, 6) is 1.08. The summed E-state index contributed by atoms with van der Waals surface area (Å²) < 4.78 is 37.5. The second-order valence-corrected chi connectivity index (χ2v) is 9.22. The molecular formula is C21H29N3O5S2. The van der Waals surface area contributed by atoms with E-state index in [2.05, 4.69) is 10.3 Å². The predicted molar refractivity (Wildman–Crippen MR) is 122 cm³/mol. The van der Waals surface area contributed by atoms with Crippen LogP contribution in [-0.4, -0.2) is 55.7 Å². The second kappa shape index (κ2) is 11.9. The molecular weight excluding hydrogens is 438 g/mol. The fourth-order valence-electron chi connectivity index (χ4n) is 2.79. The van der Waals surface area contributed by atoms with Crippen LogP contribution in [0, 0.1) is 0 Å². The van der Waals surface area contributed by atoms with E-state index in [0.29, 0.717) is 48.5 Å². The van der Waals surface area contributed by atoms with E-state index in [1.54, 1.807) is 38.1 Å². The summed E-state index contributed by atoms with van der Waals surface area (Å²) in [6.07, 6.45) is 1.33. The highest BCUT2D eigenvalue weighted by molar-refractivity contribution is 7.99. The highest BCUT2D eigenvalue weighted by atomic mass is 32.2. The van der Waals surface area contributed by atoms with Gasteiger partial charge in [0.15, 0.2) is 0 Å². The zero-order chi connectivity index (χ0) is 22.9. The van der Waals surface area contributed by atoms with Gasteiger partial charge in [-0.1, -0.05) is 25.6 Å². The Kier molecular flexibility index (Phi) is 9.60. The van der Waals surface area contributed by atoms with Crippen molar-refractivity contribution in [3.05, 3.63) is 36.5 Å². The van der Waals surface area contributed by atoms with Gasteiger partial charge in [-0.25, -0.2) is 13.4 Å². The van der Waals surface area contributed by atoms with Crippen molar-refractivity contribution in [1.29, 1.82) is 0 Å². The van der Waals surface area contributed by atoms with Crippen LogP contribution in [0.2, 0.25) is 0 Å². The number of amides is 1. The van der Waals surface area contributed by atoms with Gasteiger partial charge in [0, 0.05) is 25.4 Å². The molecule has 0 saturated heterocycles. The fourth-order valence-corrected chi connectivity index (χ4v) is 4.83. The first-order valence-corrected chi connectivity index (χ1v) is 12.6. The lowest BCUT2D eigenvalue weighted by Crippen LogP contribution is -2.30. The molecule has 1 aromatic heterocycles. The summed E-state index contributed by atoms with van der Waals surface area (Å²) in [4.78, 5) is 16.8. The SMILES string of the molecule is CCOc1ccc(OCC)c(NC(=O)CSc2ccc(S(=O)(=O)N(CC)CC)cn2)c1. The predicted octanol–water partition coefficient (Wildman–Crippen LogP) is 3.64. The second-order valence-electron chi connectivity index (χ2n) is 6.28. The highest BCUT2D eigenvalue weighted by Crippen LogP contribution is 2.30. The van der Waals surface area contributed by atoms with Gasteiger partial charge in [0.05, 0.1) is 29.7 Å². The van der Waals surface area contributed by atoms with Crippen molar-refractivity contribution in [2.45, 2.75) is 37.6 Å². The van der Waals surface area contributed by atoms with Crippen molar-refractivity contribution in [3.63, 3.8) is 0 Å². The maximum Gasteiger partial charge on any atom is 0.244 e. The molecule has 170 valence electrons. The molecule has 0 aliphatic carbocycles. The molecule has 1 heterocycles. The van der Waals surface area contributed by atoms with Crippen molar-refractivity contribution in [1.82, 2.24) is 9.29 Å². The van der Waals surface area contributed by atoms with Gasteiger partial charge >= 0.3 is 0 Å². The van der Waals surface area contributed by atoms with E-state index in [1.165, 1.54) is 28.3 Å². The molecule has 0 bridgehead atoms. The Morgan fingerprint density at radius 3 is 2.35 bits per heavy atom. The summed E-state index contributed by atoms with van der Waals surface area (Å²) in [7, 11) is -3.55. The first kappa shape index (κ1) is 25.0.